The predicted molar refractivity (Wildman–Crippen MR) is 79.5 cm³/mol. The van der Waals surface area contributed by atoms with Crippen LogP contribution in [0.3, 0.4) is 0 Å². The maximum atomic E-state index is 10.5. The van der Waals surface area contributed by atoms with Crippen molar-refractivity contribution in [3.8, 4) is 0 Å². The van der Waals surface area contributed by atoms with E-state index in [0.29, 0.717) is 49.4 Å². The maximum absolute atomic E-state index is 10.5. The van der Waals surface area contributed by atoms with Crippen LogP contribution in [-0.4, -0.2) is 54.0 Å². The second-order valence-electron chi connectivity index (χ2n) is 5.09. The fraction of sp³-hybridized carbons (Fsp3) is 0.692. The number of aromatic nitrogens is 2. The van der Waals surface area contributed by atoms with Gasteiger partial charge in [-0.15, -0.1) is 0 Å². The molecule has 2 heterocycles. The zero-order chi connectivity index (χ0) is 14.6. The summed E-state index contributed by atoms with van der Waals surface area (Å²) < 4.78 is 5.29. The van der Waals surface area contributed by atoms with Gasteiger partial charge in [-0.2, -0.15) is 4.98 Å². The van der Waals surface area contributed by atoms with Crippen molar-refractivity contribution < 1.29 is 9.84 Å². The highest BCUT2D eigenvalue weighted by molar-refractivity contribution is 6.32. The Bertz CT molecular complexity index is 452. The molecule has 1 saturated heterocycles. The smallest absolute Gasteiger partial charge is 0.224 e. The van der Waals surface area contributed by atoms with Crippen LogP contribution in [-0.2, 0) is 4.74 Å². The molecule has 1 aliphatic rings. The Kier molecular flexibility index (Phi) is 5.01. The van der Waals surface area contributed by atoms with Crippen LogP contribution >= 0.6 is 11.6 Å². The van der Waals surface area contributed by atoms with Crippen molar-refractivity contribution >= 4 is 23.4 Å². The van der Waals surface area contributed by atoms with E-state index in [1.165, 1.54) is 0 Å². The van der Waals surface area contributed by atoms with Gasteiger partial charge in [0.15, 0.2) is 5.82 Å². The fourth-order valence-electron chi connectivity index (χ4n) is 2.29. The Hall–Kier alpha value is -1.11. The molecule has 0 amide bonds. The highest BCUT2D eigenvalue weighted by Crippen LogP contribution is 2.27. The van der Waals surface area contributed by atoms with E-state index in [2.05, 4.69) is 15.3 Å². The standard InChI is InChI=1S/C13H21ClN4O2/c1-3-15-12-16-8-10(14)11(17-12)18(2)9-13(19)4-6-20-7-5-13/h8,19H,3-7,9H2,1-2H3,(H,15,16,17). The summed E-state index contributed by atoms with van der Waals surface area (Å²) in [5.41, 5.74) is -0.750. The molecule has 0 bridgehead atoms. The summed E-state index contributed by atoms with van der Waals surface area (Å²) in [6, 6.07) is 0. The van der Waals surface area contributed by atoms with Crippen LogP contribution in [0.4, 0.5) is 11.8 Å². The molecule has 0 atom stereocenters. The summed E-state index contributed by atoms with van der Waals surface area (Å²) in [4.78, 5) is 10.4. The Balaban J connectivity index is 2.11. The zero-order valence-corrected chi connectivity index (χ0v) is 12.7. The molecule has 0 unspecified atom stereocenters. The minimum Gasteiger partial charge on any atom is -0.388 e. The molecule has 1 aromatic heterocycles. The van der Waals surface area contributed by atoms with Crippen LogP contribution in [0, 0.1) is 0 Å². The lowest BCUT2D eigenvalue weighted by Gasteiger charge is -2.36. The van der Waals surface area contributed by atoms with Gasteiger partial charge in [-0.1, -0.05) is 11.6 Å². The van der Waals surface area contributed by atoms with Gasteiger partial charge in [-0.05, 0) is 6.92 Å². The number of nitrogens with one attached hydrogen (secondary N) is 1. The minimum absolute atomic E-state index is 0.471. The molecule has 2 rings (SSSR count). The van der Waals surface area contributed by atoms with Gasteiger partial charge < -0.3 is 20.1 Å². The summed E-state index contributed by atoms with van der Waals surface area (Å²) in [6.07, 6.45) is 2.83. The van der Waals surface area contributed by atoms with E-state index in [1.807, 2.05) is 18.9 Å². The van der Waals surface area contributed by atoms with E-state index in [-0.39, 0.29) is 0 Å². The van der Waals surface area contributed by atoms with E-state index < -0.39 is 5.60 Å². The number of hydrogen-bond acceptors (Lipinski definition) is 6. The van der Waals surface area contributed by atoms with Gasteiger partial charge in [0.05, 0.1) is 11.8 Å². The number of halogens is 1. The molecule has 7 heteroatoms. The SMILES string of the molecule is CCNc1ncc(Cl)c(N(C)CC2(O)CCOCC2)n1. The largest absolute Gasteiger partial charge is 0.388 e. The molecule has 0 saturated carbocycles. The van der Waals surface area contributed by atoms with Crippen molar-refractivity contribution in [2.24, 2.45) is 0 Å². The first-order chi connectivity index (χ1) is 9.54. The molecule has 1 fully saturated rings. The molecule has 0 radical (unpaired) electrons. The molecule has 112 valence electrons. The van der Waals surface area contributed by atoms with Crippen LogP contribution in [0.25, 0.3) is 0 Å². The zero-order valence-electron chi connectivity index (χ0n) is 11.9. The fourth-order valence-corrected chi connectivity index (χ4v) is 2.53. The topological polar surface area (TPSA) is 70.5 Å². The number of hydrogen-bond donors (Lipinski definition) is 2. The van der Waals surface area contributed by atoms with Crippen LogP contribution in [0.1, 0.15) is 19.8 Å². The number of aliphatic hydroxyl groups is 1. The monoisotopic (exact) mass is 300 g/mol. The molecule has 0 spiro atoms. The quantitative estimate of drug-likeness (QED) is 0.859. The molecule has 0 aliphatic carbocycles. The summed E-state index contributed by atoms with van der Waals surface area (Å²) in [6.45, 7) is 4.37. The van der Waals surface area contributed by atoms with E-state index in [1.54, 1.807) is 6.20 Å². The molecule has 1 aromatic rings. The first-order valence-corrected chi connectivity index (χ1v) is 7.19. The van der Waals surface area contributed by atoms with Crippen molar-refractivity contribution in [1.29, 1.82) is 0 Å². The molecule has 1 aliphatic heterocycles. The van der Waals surface area contributed by atoms with Crippen molar-refractivity contribution in [1.82, 2.24) is 9.97 Å². The number of nitrogens with zero attached hydrogens (tertiary/aromatic N) is 3. The van der Waals surface area contributed by atoms with Crippen molar-refractivity contribution in [2.75, 3.05) is 43.6 Å². The lowest BCUT2D eigenvalue weighted by atomic mass is 9.94. The highest BCUT2D eigenvalue weighted by Gasteiger charge is 2.32. The average Bonchev–Trinajstić information content (AvgIpc) is 2.41. The van der Waals surface area contributed by atoms with Crippen LogP contribution in [0.15, 0.2) is 6.20 Å². The first-order valence-electron chi connectivity index (χ1n) is 6.82. The number of ether oxygens (including phenoxy) is 1. The van der Waals surface area contributed by atoms with E-state index in [0.717, 1.165) is 6.54 Å². The lowest BCUT2D eigenvalue weighted by Crippen LogP contribution is -2.46. The van der Waals surface area contributed by atoms with Crippen LogP contribution in [0.2, 0.25) is 5.02 Å². The highest BCUT2D eigenvalue weighted by atomic mass is 35.5. The normalized spacial score (nSPS) is 17.8. The Morgan fingerprint density at radius 2 is 2.20 bits per heavy atom. The number of rotatable bonds is 5. The Morgan fingerprint density at radius 1 is 1.50 bits per heavy atom. The number of anilines is 2. The van der Waals surface area contributed by atoms with E-state index in [4.69, 9.17) is 16.3 Å². The van der Waals surface area contributed by atoms with Crippen LogP contribution < -0.4 is 10.2 Å². The van der Waals surface area contributed by atoms with Crippen LogP contribution in [0.5, 0.6) is 0 Å². The summed E-state index contributed by atoms with van der Waals surface area (Å²) >= 11 is 6.15. The summed E-state index contributed by atoms with van der Waals surface area (Å²) in [5.74, 6) is 1.16. The minimum atomic E-state index is -0.750. The lowest BCUT2D eigenvalue weighted by molar-refractivity contribution is -0.0573. The van der Waals surface area contributed by atoms with E-state index in [9.17, 15) is 5.11 Å². The van der Waals surface area contributed by atoms with Crippen molar-refractivity contribution in [2.45, 2.75) is 25.4 Å². The Labute approximate surface area is 124 Å². The molecule has 6 nitrogen and oxygen atoms in total. The molecule has 20 heavy (non-hydrogen) atoms. The van der Waals surface area contributed by atoms with Gasteiger partial charge >= 0.3 is 0 Å². The van der Waals surface area contributed by atoms with Gasteiger partial charge in [0.25, 0.3) is 0 Å². The molecule has 0 aromatic carbocycles. The Morgan fingerprint density at radius 3 is 2.85 bits per heavy atom. The van der Waals surface area contributed by atoms with Gasteiger partial charge in [-0.25, -0.2) is 4.98 Å². The molecular weight excluding hydrogens is 280 g/mol. The third-order valence-electron chi connectivity index (χ3n) is 3.38. The number of likely N-dealkylation sites (N-methyl/N-ethyl adjacent to an activating group) is 1. The van der Waals surface area contributed by atoms with Gasteiger partial charge in [0.2, 0.25) is 5.95 Å². The summed E-state index contributed by atoms with van der Waals surface area (Å²) in [7, 11) is 1.87. The molecular formula is C13H21ClN4O2. The van der Waals surface area contributed by atoms with Gasteiger partial charge in [0, 0.05) is 46.2 Å². The second kappa shape index (κ2) is 6.56. The van der Waals surface area contributed by atoms with Gasteiger partial charge in [-0.3, -0.25) is 0 Å². The third-order valence-corrected chi connectivity index (χ3v) is 3.64. The first kappa shape index (κ1) is 15.3. The van der Waals surface area contributed by atoms with Gasteiger partial charge in [0.1, 0.15) is 5.02 Å². The second-order valence-corrected chi connectivity index (χ2v) is 5.50. The van der Waals surface area contributed by atoms with E-state index >= 15 is 0 Å². The average molecular weight is 301 g/mol. The predicted octanol–water partition coefficient (Wildman–Crippen LogP) is 1.54. The molecule has 2 N–H and O–H groups in total. The third kappa shape index (κ3) is 3.71. The maximum Gasteiger partial charge on any atom is 0.224 e. The van der Waals surface area contributed by atoms with Crippen molar-refractivity contribution in [3.05, 3.63) is 11.2 Å². The summed E-state index contributed by atoms with van der Waals surface area (Å²) in [5, 5.41) is 14.1. The van der Waals surface area contributed by atoms with Crippen molar-refractivity contribution in [3.63, 3.8) is 0 Å².